The molecule has 17 heavy (non-hydrogen) atoms. The molecule has 94 valence electrons. The zero-order valence-corrected chi connectivity index (χ0v) is 10.0. The maximum absolute atomic E-state index is 12.2. The maximum atomic E-state index is 12.2. The number of aliphatic hydroxyl groups is 1. The molecular formula is C12H17NO4. The van der Waals surface area contributed by atoms with Crippen LogP contribution in [-0.2, 0) is 4.74 Å². The van der Waals surface area contributed by atoms with Crippen molar-refractivity contribution in [1.29, 1.82) is 0 Å². The smallest absolute Gasteiger partial charge is 0.290 e. The van der Waals surface area contributed by atoms with Crippen molar-refractivity contribution in [2.24, 2.45) is 0 Å². The Hall–Kier alpha value is -1.33. The molecule has 2 heterocycles. The van der Waals surface area contributed by atoms with Gasteiger partial charge in [0.05, 0.1) is 25.0 Å². The summed E-state index contributed by atoms with van der Waals surface area (Å²) >= 11 is 0. The topological polar surface area (TPSA) is 62.9 Å². The molecule has 0 aliphatic carbocycles. The van der Waals surface area contributed by atoms with E-state index in [1.165, 1.54) is 6.26 Å². The molecule has 0 aromatic carbocycles. The molecular weight excluding hydrogens is 222 g/mol. The molecule has 1 saturated heterocycles. The summed E-state index contributed by atoms with van der Waals surface area (Å²) in [6.45, 7) is 2.28. The number of amides is 1. The van der Waals surface area contributed by atoms with E-state index >= 15 is 0 Å². The zero-order chi connectivity index (χ0) is 12.4. The second-order valence-electron chi connectivity index (χ2n) is 4.32. The van der Waals surface area contributed by atoms with Gasteiger partial charge in [0.25, 0.3) is 5.91 Å². The number of rotatable bonds is 3. The number of hydrogen-bond donors (Lipinski definition) is 1. The molecule has 0 unspecified atom stereocenters. The van der Waals surface area contributed by atoms with E-state index in [0.29, 0.717) is 18.7 Å². The highest BCUT2D eigenvalue weighted by molar-refractivity contribution is 5.93. The first-order chi connectivity index (χ1) is 8.17. The van der Waals surface area contributed by atoms with Crippen molar-refractivity contribution in [3.05, 3.63) is 23.7 Å². The Morgan fingerprint density at radius 1 is 1.71 bits per heavy atom. The van der Waals surface area contributed by atoms with Crippen molar-refractivity contribution in [1.82, 2.24) is 4.90 Å². The summed E-state index contributed by atoms with van der Waals surface area (Å²) < 4.78 is 10.4. The van der Waals surface area contributed by atoms with Crippen LogP contribution in [0.3, 0.4) is 0 Å². The Bertz CT molecular complexity index is 401. The minimum Gasteiger partial charge on any atom is -0.459 e. The van der Waals surface area contributed by atoms with Crippen molar-refractivity contribution >= 4 is 5.91 Å². The van der Waals surface area contributed by atoms with Gasteiger partial charge >= 0.3 is 0 Å². The molecule has 5 nitrogen and oxygen atoms in total. The summed E-state index contributed by atoms with van der Waals surface area (Å²) in [5.41, 5.74) is 0.813. The zero-order valence-electron chi connectivity index (χ0n) is 10.0. The third-order valence-corrected chi connectivity index (χ3v) is 3.24. The van der Waals surface area contributed by atoms with Crippen LogP contribution in [0, 0.1) is 6.92 Å². The number of hydrogen-bond acceptors (Lipinski definition) is 4. The molecule has 1 N–H and O–H groups in total. The number of aliphatic hydroxyl groups excluding tert-OH is 1. The Morgan fingerprint density at radius 2 is 2.47 bits per heavy atom. The van der Waals surface area contributed by atoms with E-state index in [1.54, 1.807) is 18.1 Å². The number of furan rings is 1. The summed E-state index contributed by atoms with van der Waals surface area (Å²) in [6, 6.07) is 1.57. The fourth-order valence-corrected chi connectivity index (χ4v) is 2.19. The quantitative estimate of drug-likeness (QED) is 0.847. The number of methoxy groups -OCH3 is 1. The Labute approximate surface area is 100.0 Å². The fourth-order valence-electron chi connectivity index (χ4n) is 2.19. The Kier molecular flexibility index (Phi) is 3.49. The SMILES string of the molecule is CO[C@@H]1C[C@@H](CO)N(C(=O)c2occc2C)C1. The lowest BCUT2D eigenvalue weighted by molar-refractivity contribution is 0.0616. The number of aryl methyl sites for hydroxylation is 1. The number of likely N-dealkylation sites (tertiary alicyclic amines) is 1. The largest absolute Gasteiger partial charge is 0.459 e. The molecule has 1 amide bonds. The third-order valence-electron chi connectivity index (χ3n) is 3.24. The number of carbonyl (C=O) groups excluding carboxylic acids is 1. The lowest BCUT2D eigenvalue weighted by atomic mass is 10.2. The highest BCUT2D eigenvalue weighted by Gasteiger charge is 2.36. The molecule has 1 fully saturated rings. The van der Waals surface area contributed by atoms with Gasteiger partial charge < -0.3 is 19.2 Å². The van der Waals surface area contributed by atoms with Crippen LogP contribution in [-0.4, -0.2) is 48.3 Å². The van der Waals surface area contributed by atoms with Crippen LogP contribution in [0.2, 0.25) is 0 Å². The fraction of sp³-hybridized carbons (Fsp3) is 0.583. The first kappa shape index (κ1) is 12.1. The first-order valence-electron chi connectivity index (χ1n) is 5.66. The van der Waals surface area contributed by atoms with Crippen molar-refractivity contribution < 1.29 is 19.1 Å². The molecule has 1 aromatic rings. The molecule has 2 atom stereocenters. The Morgan fingerprint density at radius 3 is 3.00 bits per heavy atom. The maximum Gasteiger partial charge on any atom is 0.290 e. The van der Waals surface area contributed by atoms with Gasteiger partial charge in [-0.25, -0.2) is 0 Å². The molecule has 0 saturated carbocycles. The monoisotopic (exact) mass is 239 g/mol. The van der Waals surface area contributed by atoms with E-state index in [2.05, 4.69) is 0 Å². The van der Waals surface area contributed by atoms with Gasteiger partial charge in [-0.15, -0.1) is 0 Å². The number of ether oxygens (including phenoxy) is 1. The molecule has 5 heteroatoms. The van der Waals surface area contributed by atoms with Crippen molar-refractivity contribution in [2.45, 2.75) is 25.5 Å². The molecule has 0 bridgehead atoms. The van der Waals surface area contributed by atoms with Crippen LogP contribution in [0.25, 0.3) is 0 Å². The minimum absolute atomic E-state index is 0.00799. The van der Waals surface area contributed by atoms with Gasteiger partial charge in [0.2, 0.25) is 0 Å². The predicted molar refractivity (Wildman–Crippen MR) is 60.8 cm³/mol. The summed E-state index contributed by atoms with van der Waals surface area (Å²) in [7, 11) is 1.62. The minimum atomic E-state index is -0.183. The predicted octanol–water partition coefficient (Wildman–Crippen LogP) is 0.810. The average Bonchev–Trinajstić information content (AvgIpc) is 2.93. The van der Waals surface area contributed by atoms with E-state index in [1.807, 2.05) is 6.92 Å². The van der Waals surface area contributed by atoms with Gasteiger partial charge in [0.1, 0.15) is 0 Å². The molecule has 1 aliphatic rings. The van der Waals surface area contributed by atoms with Crippen LogP contribution in [0.5, 0.6) is 0 Å². The van der Waals surface area contributed by atoms with Crippen molar-refractivity contribution in [3.8, 4) is 0 Å². The van der Waals surface area contributed by atoms with Gasteiger partial charge in [0.15, 0.2) is 5.76 Å². The Balaban J connectivity index is 2.16. The molecule has 1 aliphatic heterocycles. The summed E-state index contributed by atoms with van der Waals surface area (Å²) in [5.74, 6) is 0.173. The molecule has 1 aromatic heterocycles. The van der Waals surface area contributed by atoms with Gasteiger partial charge in [-0.1, -0.05) is 0 Å². The van der Waals surface area contributed by atoms with Crippen LogP contribution < -0.4 is 0 Å². The van der Waals surface area contributed by atoms with Crippen LogP contribution >= 0.6 is 0 Å². The van der Waals surface area contributed by atoms with E-state index in [0.717, 1.165) is 5.56 Å². The normalized spacial score (nSPS) is 24.3. The van der Waals surface area contributed by atoms with E-state index in [-0.39, 0.29) is 24.7 Å². The number of carbonyl (C=O) groups is 1. The summed E-state index contributed by atoms with van der Waals surface area (Å²) in [5, 5.41) is 9.29. The lowest BCUT2D eigenvalue weighted by Crippen LogP contribution is -2.38. The van der Waals surface area contributed by atoms with E-state index in [4.69, 9.17) is 9.15 Å². The van der Waals surface area contributed by atoms with Crippen LogP contribution in [0.15, 0.2) is 16.7 Å². The van der Waals surface area contributed by atoms with Gasteiger partial charge in [-0.3, -0.25) is 4.79 Å². The number of nitrogens with zero attached hydrogens (tertiary/aromatic N) is 1. The van der Waals surface area contributed by atoms with Crippen molar-refractivity contribution in [3.63, 3.8) is 0 Å². The highest BCUT2D eigenvalue weighted by Crippen LogP contribution is 2.23. The van der Waals surface area contributed by atoms with E-state index < -0.39 is 0 Å². The standard InChI is InChI=1S/C12H17NO4/c1-8-3-4-17-11(8)12(15)13-6-10(16-2)5-9(13)7-14/h3-4,9-10,14H,5-7H2,1-2H3/t9-,10+/m0/s1. The van der Waals surface area contributed by atoms with Crippen LogP contribution in [0.1, 0.15) is 22.5 Å². The van der Waals surface area contributed by atoms with E-state index in [9.17, 15) is 9.90 Å². The van der Waals surface area contributed by atoms with Gasteiger partial charge in [0, 0.05) is 19.2 Å². The summed E-state index contributed by atoms with van der Waals surface area (Å²) in [4.78, 5) is 13.9. The van der Waals surface area contributed by atoms with Crippen LogP contribution in [0.4, 0.5) is 0 Å². The summed E-state index contributed by atoms with van der Waals surface area (Å²) in [6.07, 6.45) is 2.16. The third kappa shape index (κ3) is 2.21. The lowest BCUT2D eigenvalue weighted by Gasteiger charge is -2.21. The molecule has 0 spiro atoms. The second kappa shape index (κ2) is 4.89. The van der Waals surface area contributed by atoms with Gasteiger partial charge in [-0.2, -0.15) is 0 Å². The average molecular weight is 239 g/mol. The van der Waals surface area contributed by atoms with Crippen molar-refractivity contribution in [2.75, 3.05) is 20.3 Å². The second-order valence-corrected chi connectivity index (χ2v) is 4.32. The first-order valence-corrected chi connectivity index (χ1v) is 5.66. The van der Waals surface area contributed by atoms with Gasteiger partial charge in [-0.05, 0) is 19.4 Å². The molecule has 2 rings (SSSR count). The molecule has 0 radical (unpaired) electrons. The highest BCUT2D eigenvalue weighted by atomic mass is 16.5.